The molecule has 5 N–H and O–H groups in total. The summed E-state index contributed by atoms with van der Waals surface area (Å²) in [5.74, 6) is -11.4. The lowest BCUT2D eigenvalue weighted by Gasteiger charge is -2.52. The van der Waals surface area contributed by atoms with Crippen LogP contribution in [0.4, 0.5) is 0 Å². The van der Waals surface area contributed by atoms with Crippen molar-refractivity contribution in [2.24, 2.45) is 29.4 Å². The summed E-state index contributed by atoms with van der Waals surface area (Å²) in [6.07, 6.45) is 3.06. The molecule has 3 fully saturated rings. The second-order valence-corrected chi connectivity index (χ2v) is 11.2. The average molecular weight is 526 g/mol. The van der Waals surface area contributed by atoms with E-state index in [1.165, 1.54) is 31.1 Å². The van der Waals surface area contributed by atoms with Crippen molar-refractivity contribution in [3.8, 4) is 5.75 Å². The van der Waals surface area contributed by atoms with E-state index in [-0.39, 0.29) is 42.3 Å². The summed E-state index contributed by atoms with van der Waals surface area (Å²) in [5, 5.41) is 25.4. The molecule has 4 aliphatic carbocycles. The molecule has 3 saturated carbocycles. The molecule has 0 spiro atoms. The van der Waals surface area contributed by atoms with Crippen molar-refractivity contribution in [1.29, 1.82) is 0 Å². The van der Waals surface area contributed by atoms with Gasteiger partial charge in [-0.2, -0.15) is 0 Å². The molecule has 38 heavy (non-hydrogen) atoms. The molecule has 0 bridgehead atoms. The van der Waals surface area contributed by atoms with Crippen molar-refractivity contribution in [2.45, 2.75) is 49.8 Å². The summed E-state index contributed by atoms with van der Waals surface area (Å²) >= 11 is 0. The van der Waals surface area contributed by atoms with Crippen LogP contribution >= 0.6 is 0 Å². The van der Waals surface area contributed by atoms with E-state index in [1.54, 1.807) is 0 Å². The molecule has 11 nitrogen and oxygen atoms in total. The predicted molar refractivity (Wildman–Crippen MR) is 131 cm³/mol. The van der Waals surface area contributed by atoms with Gasteiger partial charge < -0.3 is 21.3 Å². The molecule has 5 rings (SSSR count). The lowest BCUT2D eigenvalue weighted by molar-refractivity contribution is -0.181. The van der Waals surface area contributed by atoms with Gasteiger partial charge in [0.2, 0.25) is 5.91 Å². The van der Waals surface area contributed by atoms with Crippen LogP contribution < -0.4 is 11.1 Å². The number of aromatic hydroxyl groups is 1. The molecule has 1 amide bonds. The number of aliphatic hydroxyl groups is 1. The van der Waals surface area contributed by atoms with Crippen molar-refractivity contribution in [3.63, 3.8) is 0 Å². The van der Waals surface area contributed by atoms with Crippen LogP contribution in [0.15, 0.2) is 12.1 Å². The zero-order chi connectivity index (χ0) is 27.7. The standard InChI is InChI=1S/C27H31N3O8/c1-30(2)21-15-9-11-8-14-13(17(32)10-29-12-4-3-5-12)6-7-16(31)19(14)22(33)18(11)24(35)27(15,38)25(36)20(23(21)34)26(28)37/h6-7,11-12,15,18,20-21,29,31,38H,3-5,8-10H2,1-2H3,(H2,28,37)/t11-,15-,18?,20?,21-,27-/m0/s1. The zero-order valence-electron chi connectivity index (χ0n) is 21.2. The largest absolute Gasteiger partial charge is 0.507 e. The van der Waals surface area contributed by atoms with Crippen molar-refractivity contribution in [2.75, 3.05) is 20.6 Å². The molecule has 0 aliphatic heterocycles. The Hall–Kier alpha value is -3.28. The minimum Gasteiger partial charge on any atom is -0.507 e. The van der Waals surface area contributed by atoms with E-state index in [4.69, 9.17) is 5.73 Å². The van der Waals surface area contributed by atoms with Gasteiger partial charge in [0.1, 0.15) is 5.75 Å². The smallest absolute Gasteiger partial charge is 0.235 e. The van der Waals surface area contributed by atoms with Crippen molar-refractivity contribution in [1.82, 2.24) is 10.2 Å². The Labute approximate surface area is 218 Å². The monoisotopic (exact) mass is 525 g/mol. The normalized spacial score (nSPS) is 32.9. The van der Waals surface area contributed by atoms with Crippen LogP contribution in [0.5, 0.6) is 5.75 Å². The highest BCUT2D eigenvalue weighted by molar-refractivity contribution is 6.32. The fraction of sp³-hybridized carbons (Fsp3) is 0.556. The number of nitrogens with zero attached hydrogens (tertiary/aromatic N) is 1. The van der Waals surface area contributed by atoms with Crippen LogP contribution in [0, 0.1) is 23.7 Å². The Morgan fingerprint density at radius 3 is 2.39 bits per heavy atom. The number of Topliss-reactive ketones (excluding diaryl/α,β-unsaturated/α-hetero) is 5. The molecule has 202 valence electrons. The molecule has 6 atom stereocenters. The summed E-state index contributed by atoms with van der Waals surface area (Å²) in [6, 6.07) is 1.78. The van der Waals surface area contributed by atoms with E-state index in [1.807, 2.05) is 0 Å². The van der Waals surface area contributed by atoms with Gasteiger partial charge in [-0.3, -0.25) is 33.7 Å². The third-order valence-electron chi connectivity index (χ3n) is 8.90. The molecule has 1 aromatic carbocycles. The van der Waals surface area contributed by atoms with E-state index in [0.717, 1.165) is 19.3 Å². The number of carbonyl (C=O) groups excluding carboxylic acids is 6. The topological polar surface area (TPSA) is 184 Å². The zero-order valence-corrected chi connectivity index (χ0v) is 21.2. The fourth-order valence-electron chi connectivity index (χ4n) is 6.81. The molecule has 0 radical (unpaired) electrons. The molecule has 0 heterocycles. The second-order valence-electron chi connectivity index (χ2n) is 11.2. The van der Waals surface area contributed by atoms with Crippen LogP contribution in [-0.2, 0) is 25.6 Å². The summed E-state index contributed by atoms with van der Waals surface area (Å²) in [4.78, 5) is 80.5. The minimum absolute atomic E-state index is 0.0603. The Kier molecular flexibility index (Phi) is 6.36. The molecule has 0 aromatic heterocycles. The van der Waals surface area contributed by atoms with E-state index in [0.29, 0.717) is 5.56 Å². The highest BCUT2D eigenvalue weighted by Gasteiger charge is 2.69. The van der Waals surface area contributed by atoms with Crippen LogP contribution in [-0.4, -0.2) is 88.3 Å². The molecular weight excluding hydrogens is 494 g/mol. The van der Waals surface area contributed by atoms with Gasteiger partial charge in [0.15, 0.2) is 40.4 Å². The van der Waals surface area contributed by atoms with Gasteiger partial charge in [-0.25, -0.2) is 0 Å². The first-order valence-corrected chi connectivity index (χ1v) is 12.9. The molecule has 11 heteroatoms. The summed E-state index contributed by atoms with van der Waals surface area (Å²) in [5.41, 5.74) is 2.96. The number of benzene rings is 1. The number of primary amides is 1. The Bertz CT molecular complexity index is 1290. The number of ketones is 5. The van der Waals surface area contributed by atoms with Gasteiger partial charge in [-0.15, -0.1) is 0 Å². The number of fused-ring (bicyclic) bond motifs is 3. The molecular formula is C27H31N3O8. The van der Waals surface area contributed by atoms with Crippen LogP contribution in [0.3, 0.4) is 0 Å². The third kappa shape index (κ3) is 3.67. The number of hydrogen-bond acceptors (Lipinski definition) is 10. The molecule has 2 unspecified atom stereocenters. The molecule has 1 aromatic rings. The number of rotatable bonds is 6. The summed E-state index contributed by atoms with van der Waals surface area (Å²) < 4.78 is 0. The fourth-order valence-corrected chi connectivity index (χ4v) is 6.81. The number of carbonyl (C=O) groups is 6. The van der Waals surface area contributed by atoms with Gasteiger partial charge in [0.25, 0.3) is 0 Å². The van der Waals surface area contributed by atoms with Gasteiger partial charge in [0, 0.05) is 17.5 Å². The van der Waals surface area contributed by atoms with E-state index >= 15 is 0 Å². The minimum atomic E-state index is -2.77. The number of nitrogens with two attached hydrogens (primary N) is 1. The Morgan fingerprint density at radius 2 is 1.82 bits per heavy atom. The predicted octanol–water partition coefficient (Wildman–Crippen LogP) is -0.808. The highest BCUT2D eigenvalue weighted by Crippen LogP contribution is 2.51. The summed E-state index contributed by atoms with van der Waals surface area (Å²) in [6.45, 7) is 0.0612. The number of hydrogen-bond donors (Lipinski definition) is 4. The Morgan fingerprint density at radius 1 is 1.13 bits per heavy atom. The van der Waals surface area contributed by atoms with Crippen molar-refractivity contribution < 1.29 is 39.0 Å². The van der Waals surface area contributed by atoms with Crippen LogP contribution in [0.25, 0.3) is 0 Å². The van der Waals surface area contributed by atoms with E-state index < -0.39 is 70.1 Å². The summed E-state index contributed by atoms with van der Waals surface area (Å²) in [7, 11) is 3.05. The molecule has 0 saturated heterocycles. The van der Waals surface area contributed by atoms with Gasteiger partial charge in [-0.05, 0) is 63.4 Å². The number of amides is 1. The third-order valence-corrected chi connectivity index (χ3v) is 8.90. The number of phenolic OH excluding ortho intramolecular Hbond substituents is 1. The number of phenols is 1. The lowest BCUT2D eigenvalue weighted by Crippen LogP contribution is -2.74. The average Bonchev–Trinajstić information content (AvgIpc) is 2.80. The van der Waals surface area contributed by atoms with Crippen LogP contribution in [0.2, 0.25) is 0 Å². The first kappa shape index (κ1) is 26.3. The number of likely N-dealkylation sites (N-methyl/N-ethyl adjacent to an activating group) is 1. The lowest BCUT2D eigenvalue weighted by atomic mass is 9.52. The van der Waals surface area contributed by atoms with Gasteiger partial charge in [-0.1, -0.05) is 6.42 Å². The maximum Gasteiger partial charge on any atom is 0.235 e. The first-order valence-electron chi connectivity index (χ1n) is 12.9. The maximum atomic E-state index is 13.8. The van der Waals surface area contributed by atoms with E-state index in [2.05, 4.69) is 5.32 Å². The van der Waals surface area contributed by atoms with Gasteiger partial charge >= 0.3 is 0 Å². The second kappa shape index (κ2) is 9.18. The SMILES string of the molecule is CN(C)[C@@H]1C(=O)C(C(N)=O)C(=O)[C@@]2(O)C(=O)C3C(=O)c4c(O)ccc(C(=O)CNC5CCC5)c4C[C@H]3C[C@@H]12. The van der Waals surface area contributed by atoms with Gasteiger partial charge in [0.05, 0.1) is 24.1 Å². The van der Waals surface area contributed by atoms with Crippen molar-refractivity contribution in [3.05, 3.63) is 28.8 Å². The highest BCUT2D eigenvalue weighted by atomic mass is 16.3. The number of nitrogens with one attached hydrogen (secondary N) is 1. The Balaban J connectivity index is 1.56. The van der Waals surface area contributed by atoms with Crippen molar-refractivity contribution >= 4 is 34.8 Å². The van der Waals surface area contributed by atoms with E-state index in [9.17, 15) is 39.0 Å². The van der Waals surface area contributed by atoms with Crippen LogP contribution in [0.1, 0.15) is 52.0 Å². The maximum absolute atomic E-state index is 13.8. The quantitative estimate of drug-likeness (QED) is 0.271. The first-order chi connectivity index (χ1) is 17.9. The molecule has 4 aliphatic rings.